The molecular formula is C26H23N3O2S. The highest BCUT2D eigenvalue weighted by Crippen LogP contribution is 2.19. The van der Waals surface area contributed by atoms with E-state index in [4.69, 9.17) is 0 Å². The molecule has 0 saturated carbocycles. The molecule has 0 unspecified atom stereocenters. The maximum absolute atomic E-state index is 13.0. The molecule has 3 aromatic carbocycles. The highest BCUT2D eigenvalue weighted by atomic mass is 32.1. The lowest BCUT2D eigenvalue weighted by atomic mass is 10.1. The Morgan fingerprint density at radius 2 is 1.41 bits per heavy atom. The molecule has 5 nitrogen and oxygen atoms in total. The van der Waals surface area contributed by atoms with Gasteiger partial charge in [-0.2, -0.15) is 0 Å². The van der Waals surface area contributed by atoms with E-state index < -0.39 is 0 Å². The molecule has 1 aromatic heterocycles. The summed E-state index contributed by atoms with van der Waals surface area (Å²) in [7, 11) is 0. The van der Waals surface area contributed by atoms with Gasteiger partial charge in [-0.15, -0.1) is 11.3 Å². The average Bonchev–Trinajstić information content (AvgIpc) is 3.38. The summed E-state index contributed by atoms with van der Waals surface area (Å²) in [6.07, 6.45) is 0. The Morgan fingerprint density at radius 1 is 0.812 bits per heavy atom. The molecule has 0 radical (unpaired) electrons. The van der Waals surface area contributed by atoms with E-state index in [2.05, 4.69) is 10.3 Å². The molecule has 160 valence electrons. The normalized spacial score (nSPS) is 10.5. The maximum atomic E-state index is 13.0. The number of hydrogen-bond donors (Lipinski definition) is 1. The second-order valence-electron chi connectivity index (χ2n) is 7.35. The van der Waals surface area contributed by atoms with E-state index in [9.17, 15) is 9.59 Å². The number of amides is 2. The van der Waals surface area contributed by atoms with Crippen LogP contribution in [0.25, 0.3) is 11.3 Å². The van der Waals surface area contributed by atoms with Crippen molar-refractivity contribution in [1.29, 1.82) is 0 Å². The lowest BCUT2D eigenvalue weighted by Gasteiger charge is -2.23. The number of carbonyl (C=O) groups excluding carboxylic acids is 2. The van der Waals surface area contributed by atoms with Crippen LogP contribution in [0.2, 0.25) is 0 Å². The van der Waals surface area contributed by atoms with E-state index in [1.165, 1.54) is 11.3 Å². The Labute approximate surface area is 191 Å². The number of nitrogens with zero attached hydrogens (tertiary/aromatic N) is 2. The van der Waals surface area contributed by atoms with Gasteiger partial charge in [-0.05, 0) is 23.3 Å². The number of carbonyl (C=O) groups is 2. The Kier molecular flexibility index (Phi) is 7.05. The monoisotopic (exact) mass is 441 g/mol. The van der Waals surface area contributed by atoms with Gasteiger partial charge in [0.05, 0.1) is 17.7 Å². The molecule has 0 aliphatic carbocycles. The topological polar surface area (TPSA) is 62.3 Å². The second-order valence-corrected chi connectivity index (χ2v) is 8.07. The molecule has 0 aliphatic rings. The Hall–Kier alpha value is -3.77. The molecular weight excluding hydrogens is 418 g/mol. The lowest BCUT2D eigenvalue weighted by molar-refractivity contribution is -0.131. The average molecular weight is 442 g/mol. The molecule has 32 heavy (non-hydrogen) atoms. The molecule has 0 atom stereocenters. The number of thiazole rings is 1. The van der Waals surface area contributed by atoms with Gasteiger partial charge in [-0.25, -0.2) is 4.98 Å². The number of aromatic nitrogens is 1. The fourth-order valence-corrected chi connectivity index (χ4v) is 3.92. The van der Waals surface area contributed by atoms with Crippen molar-refractivity contribution in [3.05, 3.63) is 113 Å². The van der Waals surface area contributed by atoms with Gasteiger partial charge in [-0.3, -0.25) is 9.59 Å². The summed E-state index contributed by atoms with van der Waals surface area (Å²) in [6.45, 7) is 0.895. The number of rotatable bonds is 8. The molecule has 4 aromatic rings. The van der Waals surface area contributed by atoms with Gasteiger partial charge in [0.15, 0.2) is 0 Å². The van der Waals surface area contributed by atoms with Crippen molar-refractivity contribution in [2.24, 2.45) is 0 Å². The van der Waals surface area contributed by atoms with E-state index in [0.29, 0.717) is 18.7 Å². The van der Waals surface area contributed by atoms with Crippen LogP contribution in [-0.2, 0) is 17.9 Å². The lowest BCUT2D eigenvalue weighted by Crippen LogP contribution is -2.39. The van der Waals surface area contributed by atoms with Crippen LogP contribution in [0.3, 0.4) is 0 Å². The summed E-state index contributed by atoms with van der Waals surface area (Å²) in [5.41, 5.74) is 6.21. The first-order valence-corrected chi connectivity index (χ1v) is 11.3. The fraction of sp³-hybridized carbons (Fsp3) is 0.115. The van der Waals surface area contributed by atoms with E-state index in [1.807, 2.05) is 78.2 Å². The number of hydrogen-bond acceptors (Lipinski definition) is 4. The SMILES string of the molecule is O=C(NCC(=O)N(Cc1ccccc1)Cc1ccccc1)c1ccc(-c2cscn2)cc1. The van der Waals surface area contributed by atoms with Crippen molar-refractivity contribution in [3.8, 4) is 11.3 Å². The van der Waals surface area contributed by atoms with Crippen molar-refractivity contribution < 1.29 is 9.59 Å². The predicted molar refractivity (Wildman–Crippen MR) is 127 cm³/mol. The molecule has 0 bridgehead atoms. The molecule has 1 N–H and O–H groups in total. The van der Waals surface area contributed by atoms with Gasteiger partial charge in [0.1, 0.15) is 0 Å². The standard InChI is InChI=1S/C26H23N3O2S/c30-25(15-27-26(31)23-13-11-22(12-14-23)24-18-32-19-28-24)29(16-20-7-3-1-4-8-20)17-21-9-5-2-6-10-21/h1-14,18-19H,15-17H2,(H,27,31). The molecule has 0 saturated heterocycles. The molecule has 1 heterocycles. The highest BCUT2D eigenvalue weighted by Gasteiger charge is 2.16. The van der Waals surface area contributed by atoms with Gasteiger partial charge in [0.2, 0.25) is 5.91 Å². The summed E-state index contributed by atoms with van der Waals surface area (Å²) in [5, 5.41) is 4.72. The highest BCUT2D eigenvalue weighted by molar-refractivity contribution is 7.07. The van der Waals surface area contributed by atoms with Crippen molar-refractivity contribution in [2.45, 2.75) is 13.1 Å². The summed E-state index contributed by atoms with van der Waals surface area (Å²) >= 11 is 1.53. The third-order valence-corrected chi connectivity index (χ3v) is 5.65. The Morgan fingerprint density at radius 3 is 1.94 bits per heavy atom. The minimum absolute atomic E-state index is 0.0632. The zero-order chi connectivity index (χ0) is 22.2. The summed E-state index contributed by atoms with van der Waals surface area (Å²) < 4.78 is 0. The zero-order valence-corrected chi connectivity index (χ0v) is 18.3. The number of nitrogens with one attached hydrogen (secondary N) is 1. The van der Waals surface area contributed by atoms with Gasteiger partial charge < -0.3 is 10.2 Å². The molecule has 6 heteroatoms. The van der Waals surface area contributed by atoms with Crippen LogP contribution in [0, 0.1) is 0 Å². The molecule has 4 rings (SSSR count). The van der Waals surface area contributed by atoms with Gasteiger partial charge >= 0.3 is 0 Å². The predicted octanol–water partition coefficient (Wildman–Crippen LogP) is 4.77. The first-order chi connectivity index (χ1) is 15.7. The van der Waals surface area contributed by atoms with Gasteiger partial charge in [0, 0.05) is 29.6 Å². The minimum Gasteiger partial charge on any atom is -0.343 e. The van der Waals surface area contributed by atoms with Crippen molar-refractivity contribution >= 4 is 23.2 Å². The smallest absolute Gasteiger partial charge is 0.251 e. The van der Waals surface area contributed by atoms with Crippen LogP contribution in [-0.4, -0.2) is 28.2 Å². The third kappa shape index (κ3) is 5.68. The summed E-state index contributed by atoms with van der Waals surface area (Å²) in [4.78, 5) is 31.6. The summed E-state index contributed by atoms with van der Waals surface area (Å²) in [6, 6.07) is 26.9. The molecule has 0 aliphatic heterocycles. The van der Waals surface area contributed by atoms with Crippen LogP contribution in [0.15, 0.2) is 95.8 Å². The molecule has 0 spiro atoms. The zero-order valence-electron chi connectivity index (χ0n) is 17.5. The maximum Gasteiger partial charge on any atom is 0.251 e. The Bertz CT molecular complexity index is 1100. The van der Waals surface area contributed by atoms with E-state index >= 15 is 0 Å². The van der Waals surface area contributed by atoms with Crippen LogP contribution < -0.4 is 5.32 Å². The van der Waals surface area contributed by atoms with Gasteiger partial charge in [-0.1, -0.05) is 72.8 Å². The second kappa shape index (κ2) is 10.5. The minimum atomic E-state index is -0.275. The first-order valence-electron chi connectivity index (χ1n) is 10.3. The van der Waals surface area contributed by atoms with Crippen LogP contribution >= 0.6 is 11.3 Å². The third-order valence-electron chi connectivity index (χ3n) is 5.06. The van der Waals surface area contributed by atoms with Gasteiger partial charge in [0.25, 0.3) is 5.91 Å². The number of benzene rings is 3. The van der Waals surface area contributed by atoms with Crippen molar-refractivity contribution in [1.82, 2.24) is 15.2 Å². The quantitative estimate of drug-likeness (QED) is 0.428. The van der Waals surface area contributed by atoms with Crippen molar-refractivity contribution in [2.75, 3.05) is 6.54 Å². The van der Waals surface area contributed by atoms with E-state index in [1.54, 1.807) is 22.5 Å². The van der Waals surface area contributed by atoms with Crippen LogP contribution in [0.5, 0.6) is 0 Å². The molecule has 2 amide bonds. The van der Waals surface area contributed by atoms with E-state index in [0.717, 1.165) is 22.4 Å². The Balaban J connectivity index is 1.40. The van der Waals surface area contributed by atoms with E-state index in [-0.39, 0.29) is 18.4 Å². The van der Waals surface area contributed by atoms with Crippen LogP contribution in [0.4, 0.5) is 0 Å². The largest absolute Gasteiger partial charge is 0.343 e. The van der Waals surface area contributed by atoms with Crippen molar-refractivity contribution in [3.63, 3.8) is 0 Å². The molecule has 0 fully saturated rings. The first kappa shape index (κ1) is 21.5. The summed E-state index contributed by atoms with van der Waals surface area (Å²) in [5.74, 6) is -0.410. The fourth-order valence-electron chi connectivity index (χ4n) is 3.36. The van der Waals surface area contributed by atoms with Crippen LogP contribution in [0.1, 0.15) is 21.5 Å².